The molecule has 1 fully saturated rings. The van der Waals surface area contributed by atoms with Crippen LogP contribution >= 0.6 is 0 Å². The first-order valence-corrected chi connectivity index (χ1v) is 8.77. The molecular formula is C19H27N2O2+. The number of benzene rings is 1. The summed E-state index contributed by atoms with van der Waals surface area (Å²) in [6.45, 7) is 7.41. The third-order valence-corrected chi connectivity index (χ3v) is 5.09. The van der Waals surface area contributed by atoms with E-state index in [1.54, 1.807) is 4.90 Å². The van der Waals surface area contributed by atoms with E-state index in [4.69, 9.17) is 4.42 Å². The number of para-hydroxylation sites is 1. The highest BCUT2D eigenvalue weighted by molar-refractivity contribution is 5.98. The predicted molar refractivity (Wildman–Crippen MR) is 91.9 cm³/mol. The number of piperidine rings is 1. The maximum atomic E-state index is 12.3. The van der Waals surface area contributed by atoms with E-state index in [1.165, 1.54) is 25.8 Å². The second-order valence-corrected chi connectivity index (χ2v) is 6.72. The third kappa shape index (κ3) is 3.58. The summed E-state index contributed by atoms with van der Waals surface area (Å²) in [4.78, 5) is 14.0. The SMILES string of the molecule is Cc1c(C(=O)NCCC[NH+]2CCCC[C@@H]2C)oc2ccccc12. The summed E-state index contributed by atoms with van der Waals surface area (Å²) in [7, 11) is 0. The molecule has 0 saturated carbocycles. The number of rotatable bonds is 5. The molecule has 1 aliphatic heterocycles. The van der Waals surface area contributed by atoms with Crippen LogP contribution in [0.1, 0.15) is 48.7 Å². The Morgan fingerprint density at radius 3 is 2.96 bits per heavy atom. The van der Waals surface area contributed by atoms with Gasteiger partial charge in [0.25, 0.3) is 5.91 Å². The van der Waals surface area contributed by atoms with Crippen molar-refractivity contribution in [3.63, 3.8) is 0 Å². The van der Waals surface area contributed by atoms with Crippen LogP contribution in [0.25, 0.3) is 11.0 Å². The lowest BCUT2D eigenvalue weighted by Gasteiger charge is -2.30. The van der Waals surface area contributed by atoms with E-state index in [9.17, 15) is 4.79 Å². The van der Waals surface area contributed by atoms with Crippen LogP contribution in [-0.4, -0.2) is 31.6 Å². The zero-order valence-electron chi connectivity index (χ0n) is 14.2. The van der Waals surface area contributed by atoms with Gasteiger partial charge in [0.1, 0.15) is 5.58 Å². The van der Waals surface area contributed by atoms with Gasteiger partial charge in [-0.15, -0.1) is 0 Å². The summed E-state index contributed by atoms with van der Waals surface area (Å²) in [6, 6.07) is 8.55. The minimum atomic E-state index is -0.0969. The highest BCUT2D eigenvalue weighted by Crippen LogP contribution is 2.24. The van der Waals surface area contributed by atoms with Crippen molar-refractivity contribution in [3.05, 3.63) is 35.6 Å². The van der Waals surface area contributed by atoms with Gasteiger partial charge < -0.3 is 14.6 Å². The van der Waals surface area contributed by atoms with E-state index in [-0.39, 0.29) is 5.91 Å². The Labute approximate surface area is 137 Å². The van der Waals surface area contributed by atoms with Crippen LogP contribution in [-0.2, 0) is 0 Å². The number of hydrogen-bond donors (Lipinski definition) is 2. The Balaban J connectivity index is 1.51. The first kappa shape index (κ1) is 16.1. The van der Waals surface area contributed by atoms with Gasteiger partial charge in [0.15, 0.2) is 5.76 Å². The number of carbonyl (C=O) groups excluding carboxylic acids is 1. The van der Waals surface area contributed by atoms with Crippen molar-refractivity contribution < 1.29 is 14.1 Å². The Bertz CT molecular complexity index is 677. The van der Waals surface area contributed by atoms with E-state index >= 15 is 0 Å². The number of aryl methyl sites for hydroxylation is 1. The predicted octanol–water partition coefficient (Wildman–Crippen LogP) is 2.32. The van der Waals surface area contributed by atoms with Crippen molar-refractivity contribution >= 4 is 16.9 Å². The van der Waals surface area contributed by atoms with Gasteiger partial charge in [-0.2, -0.15) is 0 Å². The number of quaternary nitrogens is 1. The Hall–Kier alpha value is -1.81. The van der Waals surface area contributed by atoms with Crippen molar-refractivity contribution in [1.82, 2.24) is 5.32 Å². The molecule has 2 atom stereocenters. The Kier molecular flexibility index (Phi) is 5.01. The third-order valence-electron chi connectivity index (χ3n) is 5.09. The summed E-state index contributed by atoms with van der Waals surface area (Å²) < 4.78 is 5.71. The van der Waals surface area contributed by atoms with Gasteiger partial charge in [0, 0.05) is 23.9 Å². The van der Waals surface area contributed by atoms with Crippen LogP contribution in [0.15, 0.2) is 28.7 Å². The summed E-state index contributed by atoms with van der Waals surface area (Å²) >= 11 is 0. The fraction of sp³-hybridized carbons (Fsp3) is 0.526. The fourth-order valence-corrected chi connectivity index (χ4v) is 3.61. The fourth-order valence-electron chi connectivity index (χ4n) is 3.61. The van der Waals surface area contributed by atoms with Gasteiger partial charge in [-0.1, -0.05) is 18.2 Å². The van der Waals surface area contributed by atoms with Crippen LogP contribution < -0.4 is 10.2 Å². The first-order valence-electron chi connectivity index (χ1n) is 8.77. The van der Waals surface area contributed by atoms with Crippen molar-refractivity contribution in [3.8, 4) is 0 Å². The molecule has 0 aliphatic carbocycles. The second kappa shape index (κ2) is 7.18. The lowest BCUT2D eigenvalue weighted by Crippen LogP contribution is -3.16. The van der Waals surface area contributed by atoms with Crippen LogP contribution in [0.3, 0.4) is 0 Å². The zero-order valence-corrected chi connectivity index (χ0v) is 14.2. The average Bonchev–Trinajstić information content (AvgIpc) is 2.90. The molecule has 1 aromatic heterocycles. The smallest absolute Gasteiger partial charge is 0.287 e. The largest absolute Gasteiger partial charge is 0.451 e. The van der Waals surface area contributed by atoms with Gasteiger partial charge in [0.2, 0.25) is 0 Å². The molecule has 1 aliphatic rings. The molecule has 1 saturated heterocycles. The molecule has 4 heteroatoms. The van der Waals surface area contributed by atoms with Crippen molar-refractivity contribution in [1.29, 1.82) is 0 Å². The Morgan fingerprint density at radius 1 is 1.35 bits per heavy atom. The molecule has 1 unspecified atom stereocenters. The standard InChI is InChI=1S/C19H26N2O2/c1-14-8-5-6-12-21(14)13-7-11-20-19(22)18-15(2)16-9-3-4-10-17(16)23-18/h3-4,9-10,14H,5-8,11-13H2,1-2H3,(H,20,22)/p+1/t14-/m0/s1. The molecule has 4 nitrogen and oxygen atoms in total. The zero-order chi connectivity index (χ0) is 16.2. The highest BCUT2D eigenvalue weighted by atomic mass is 16.3. The minimum absolute atomic E-state index is 0.0969. The van der Waals surface area contributed by atoms with E-state index in [0.717, 1.165) is 35.5 Å². The number of amides is 1. The van der Waals surface area contributed by atoms with Crippen LogP contribution in [0.5, 0.6) is 0 Å². The van der Waals surface area contributed by atoms with Gasteiger partial charge in [0.05, 0.1) is 19.1 Å². The molecule has 3 rings (SSSR count). The van der Waals surface area contributed by atoms with Crippen LogP contribution in [0, 0.1) is 6.92 Å². The van der Waals surface area contributed by atoms with Crippen molar-refractivity contribution in [2.45, 2.75) is 45.6 Å². The lowest BCUT2D eigenvalue weighted by molar-refractivity contribution is -0.928. The van der Waals surface area contributed by atoms with E-state index in [1.807, 2.05) is 31.2 Å². The number of likely N-dealkylation sites (tertiary alicyclic amines) is 1. The molecule has 1 amide bonds. The molecule has 0 radical (unpaired) electrons. The number of fused-ring (bicyclic) bond motifs is 1. The second-order valence-electron chi connectivity index (χ2n) is 6.72. The minimum Gasteiger partial charge on any atom is -0.451 e. The number of hydrogen-bond acceptors (Lipinski definition) is 2. The van der Waals surface area contributed by atoms with Gasteiger partial charge in [-0.25, -0.2) is 0 Å². The van der Waals surface area contributed by atoms with E-state index in [2.05, 4.69) is 12.2 Å². The monoisotopic (exact) mass is 315 g/mol. The normalized spacial score (nSPS) is 21.5. The number of furan rings is 1. The summed E-state index contributed by atoms with van der Waals surface area (Å²) in [5.74, 6) is 0.352. The topological polar surface area (TPSA) is 46.7 Å². The number of carbonyl (C=O) groups is 1. The molecule has 2 heterocycles. The first-order chi connectivity index (χ1) is 11.2. The Morgan fingerprint density at radius 2 is 2.17 bits per heavy atom. The quantitative estimate of drug-likeness (QED) is 0.832. The summed E-state index contributed by atoms with van der Waals surface area (Å²) in [5.41, 5.74) is 1.70. The molecule has 1 aromatic carbocycles. The van der Waals surface area contributed by atoms with Crippen LogP contribution in [0.4, 0.5) is 0 Å². The van der Waals surface area contributed by atoms with Gasteiger partial charge >= 0.3 is 0 Å². The van der Waals surface area contributed by atoms with Gasteiger partial charge in [-0.05, 0) is 39.2 Å². The highest BCUT2D eigenvalue weighted by Gasteiger charge is 2.21. The molecule has 0 bridgehead atoms. The van der Waals surface area contributed by atoms with E-state index in [0.29, 0.717) is 12.3 Å². The molecule has 2 aromatic rings. The average molecular weight is 315 g/mol. The maximum Gasteiger partial charge on any atom is 0.287 e. The van der Waals surface area contributed by atoms with Crippen molar-refractivity contribution in [2.75, 3.05) is 19.6 Å². The molecular weight excluding hydrogens is 288 g/mol. The molecule has 0 spiro atoms. The van der Waals surface area contributed by atoms with Crippen molar-refractivity contribution in [2.24, 2.45) is 0 Å². The van der Waals surface area contributed by atoms with E-state index < -0.39 is 0 Å². The summed E-state index contributed by atoms with van der Waals surface area (Å²) in [6.07, 6.45) is 5.06. The number of nitrogens with one attached hydrogen (secondary N) is 2. The van der Waals surface area contributed by atoms with Crippen LogP contribution in [0.2, 0.25) is 0 Å². The molecule has 23 heavy (non-hydrogen) atoms. The molecule has 124 valence electrons. The lowest BCUT2D eigenvalue weighted by atomic mass is 10.0. The summed E-state index contributed by atoms with van der Waals surface area (Å²) in [5, 5.41) is 4.03. The maximum absolute atomic E-state index is 12.3. The van der Waals surface area contributed by atoms with Gasteiger partial charge in [-0.3, -0.25) is 4.79 Å². The molecule has 2 N–H and O–H groups in total.